The minimum atomic E-state index is -0.996. The number of allylic oxidation sites excluding steroid dienone is 2. The molecule has 26 heavy (non-hydrogen) atoms. The topological polar surface area (TPSA) is 71.1 Å². The lowest BCUT2D eigenvalue weighted by Crippen LogP contribution is -2.27. The number of ether oxygens (including phenoxy) is 2. The van der Waals surface area contributed by atoms with Crippen LogP contribution in [0.25, 0.3) is 0 Å². The maximum atomic E-state index is 11.6. The highest BCUT2D eigenvalue weighted by molar-refractivity contribution is 5.63. The summed E-state index contributed by atoms with van der Waals surface area (Å²) >= 11 is 0. The summed E-state index contributed by atoms with van der Waals surface area (Å²) in [5.41, 5.74) is 0. The molecule has 0 aromatic rings. The van der Waals surface area contributed by atoms with Crippen molar-refractivity contribution in [1.82, 2.24) is 0 Å². The summed E-state index contributed by atoms with van der Waals surface area (Å²) in [6, 6.07) is 0. The molecule has 2 rings (SSSR count). The fourth-order valence-electron chi connectivity index (χ4n) is 3.82. The summed E-state index contributed by atoms with van der Waals surface area (Å²) in [7, 11) is 0. The third kappa shape index (κ3) is 7.10. The minimum Gasteiger partial charge on any atom is -0.428 e. The first kappa shape index (κ1) is 20.3. The lowest BCUT2D eigenvalue weighted by Gasteiger charge is -2.27. The van der Waals surface area contributed by atoms with Gasteiger partial charge in [-0.15, -0.1) is 13.2 Å². The number of hydrogen-bond donors (Lipinski definition) is 0. The largest absolute Gasteiger partial charge is 0.550 e. The lowest BCUT2D eigenvalue weighted by molar-refractivity contribution is -0.226. The zero-order chi connectivity index (χ0) is 18.8. The van der Waals surface area contributed by atoms with Gasteiger partial charge in [-0.2, -0.15) is 19.4 Å². The maximum Gasteiger partial charge on any atom is 0.550 e. The molecular weight excluding hydrogens is 336 g/mol. The van der Waals surface area contributed by atoms with Crippen LogP contribution in [0.3, 0.4) is 0 Å². The van der Waals surface area contributed by atoms with Gasteiger partial charge < -0.3 is 9.47 Å². The molecular formula is C20H30O6. The molecule has 0 N–H and O–H groups in total. The van der Waals surface area contributed by atoms with Crippen LogP contribution in [0.4, 0.5) is 9.59 Å². The van der Waals surface area contributed by atoms with Crippen molar-refractivity contribution in [2.45, 2.75) is 76.4 Å². The molecule has 0 atom stereocenters. The maximum absolute atomic E-state index is 11.6. The van der Waals surface area contributed by atoms with Gasteiger partial charge in [0.05, 0.1) is 0 Å². The molecule has 0 bridgehead atoms. The van der Waals surface area contributed by atoms with Crippen LogP contribution in [0, 0.1) is 11.8 Å². The van der Waals surface area contributed by atoms with Crippen molar-refractivity contribution in [3.05, 3.63) is 25.3 Å². The van der Waals surface area contributed by atoms with E-state index >= 15 is 0 Å². The number of hydrogen-bond acceptors (Lipinski definition) is 6. The zero-order valence-corrected chi connectivity index (χ0v) is 15.4. The van der Waals surface area contributed by atoms with Crippen molar-refractivity contribution in [3.8, 4) is 0 Å². The van der Waals surface area contributed by atoms with E-state index < -0.39 is 12.3 Å². The molecule has 0 aliphatic heterocycles. The lowest BCUT2D eigenvalue weighted by atomic mass is 9.85. The Labute approximate surface area is 155 Å². The van der Waals surface area contributed by atoms with Crippen LogP contribution in [0.1, 0.15) is 64.2 Å². The quantitative estimate of drug-likeness (QED) is 0.268. The summed E-state index contributed by atoms with van der Waals surface area (Å²) in [4.78, 5) is 32.1. The third-order valence-corrected chi connectivity index (χ3v) is 5.29. The van der Waals surface area contributed by atoms with Crippen molar-refractivity contribution in [3.63, 3.8) is 0 Å². The number of carbonyl (C=O) groups is 2. The fraction of sp³-hybridized carbons (Fsp3) is 0.700. The highest BCUT2D eigenvalue weighted by Gasteiger charge is 2.27. The van der Waals surface area contributed by atoms with E-state index in [4.69, 9.17) is 9.47 Å². The van der Waals surface area contributed by atoms with E-state index in [2.05, 4.69) is 22.9 Å². The van der Waals surface area contributed by atoms with Gasteiger partial charge in [-0.05, 0) is 76.0 Å². The van der Waals surface area contributed by atoms with Crippen LogP contribution in [0.15, 0.2) is 25.3 Å². The average molecular weight is 366 g/mol. The summed E-state index contributed by atoms with van der Waals surface area (Å²) in [5.74, 6) is 1.22. The highest BCUT2D eigenvalue weighted by atomic mass is 17.3. The second kappa shape index (κ2) is 10.9. The summed E-state index contributed by atoms with van der Waals surface area (Å²) < 4.78 is 10.3. The Bertz CT molecular complexity index is 429. The van der Waals surface area contributed by atoms with Gasteiger partial charge in [-0.25, -0.2) is 0 Å². The van der Waals surface area contributed by atoms with Gasteiger partial charge >= 0.3 is 12.3 Å². The highest BCUT2D eigenvalue weighted by Crippen LogP contribution is 2.30. The second-order valence-electron chi connectivity index (χ2n) is 7.24. The van der Waals surface area contributed by atoms with Crippen molar-refractivity contribution >= 4 is 12.3 Å². The standard InChI is InChI=1S/C20H30O6/c1-3-5-15-7-11-17(12-8-15)23-19(21)25-26-20(22)24-18-13-9-16(6-4-2)10-14-18/h3-4,15-18H,1-2,5-14H2. The van der Waals surface area contributed by atoms with Crippen LogP contribution in [-0.2, 0) is 19.2 Å². The first-order valence-electron chi connectivity index (χ1n) is 9.58. The second-order valence-corrected chi connectivity index (χ2v) is 7.24. The molecule has 0 aromatic heterocycles. The molecule has 0 amide bonds. The molecule has 2 saturated carbocycles. The van der Waals surface area contributed by atoms with Crippen LogP contribution >= 0.6 is 0 Å². The SMILES string of the molecule is C=CCC1CCC(OC(=O)OOC(=O)OC2CCC(CC=C)CC2)CC1. The zero-order valence-electron chi connectivity index (χ0n) is 15.4. The van der Waals surface area contributed by atoms with E-state index in [1.165, 1.54) is 0 Å². The fourth-order valence-corrected chi connectivity index (χ4v) is 3.82. The average Bonchev–Trinajstić information content (AvgIpc) is 2.64. The minimum absolute atomic E-state index is 0.191. The molecule has 6 nitrogen and oxygen atoms in total. The molecule has 0 saturated heterocycles. The molecule has 146 valence electrons. The molecule has 0 heterocycles. The van der Waals surface area contributed by atoms with Crippen molar-refractivity contribution in [2.24, 2.45) is 11.8 Å². The Balaban J connectivity index is 1.57. The van der Waals surface area contributed by atoms with Crippen molar-refractivity contribution < 1.29 is 28.8 Å². The van der Waals surface area contributed by atoms with E-state index in [1.807, 2.05) is 12.2 Å². The summed E-state index contributed by atoms with van der Waals surface area (Å²) in [6.45, 7) is 7.49. The molecule has 2 aliphatic carbocycles. The van der Waals surface area contributed by atoms with Crippen LogP contribution in [-0.4, -0.2) is 24.5 Å². The molecule has 2 aliphatic rings. The Hall–Kier alpha value is -1.98. The Morgan fingerprint density at radius 3 is 1.35 bits per heavy atom. The first-order valence-corrected chi connectivity index (χ1v) is 9.58. The third-order valence-electron chi connectivity index (χ3n) is 5.29. The smallest absolute Gasteiger partial charge is 0.428 e. The molecule has 0 spiro atoms. The van der Waals surface area contributed by atoms with Crippen molar-refractivity contribution in [1.29, 1.82) is 0 Å². The number of rotatable bonds is 6. The van der Waals surface area contributed by atoms with E-state index in [0.717, 1.165) is 64.2 Å². The first-order chi connectivity index (χ1) is 12.6. The number of carbonyl (C=O) groups excluding carboxylic acids is 2. The Morgan fingerprint density at radius 1 is 0.692 bits per heavy atom. The van der Waals surface area contributed by atoms with Gasteiger partial charge in [0.1, 0.15) is 12.2 Å². The summed E-state index contributed by atoms with van der Waals surface area (Å²) in [6.07, 6.45) is 10.5. The normalized spacial score (nSPS) is 28.5. The monoisotopic (exact) mass is 366 g/mol. The van der Waals surface area contributed by atoms with Gasteiger partial charge in [0.2, 0.25) is 0 Å². The van der Waals surface area contributed by atoms with E-state index in [-0.39, 0.29) is 12.2 Å². The van der Waals surface area contributed by atoms with Crippen LogP contribution in [0.2, 0.25) is 0 Å². The molecule has 0 radical (unpaired) electrons. The van der Waals surface area contributed by atoms with Crippen molar-refractivity contribution in [2.75, 3.05) is 0 Å². The Morgan fingerprint density at radius 2 is 1.04 bits per heavy atom. The van der Waals surface area contributed by atoms with Gasteiger partial charge in [0.25, 0.3) is 0 Å². The van der Waals surface area contributed by atoms with Gasteiger partial charge in [-0.1, -0.05) is 12.2 Å². The Kier molecular flexibility index (Phi) is 8.51. The van der Waals surface area contributed by atoms with Gasteiger partial charge in [0.15, 0.2) is 0 Å². The molecule has 2 fully saturated rings. The van der Waals surface area contributed by atoms with Gasteiger partial charge in [-0.3, -0.25) is 0 Å². The van der Waals surface area contributed by atoms with E-state index in [1.54, 1.807) is 0 Å². The predicted molar refractivity (Wildman–Crippen MR) is 96.3 cm³/mol. The van der Waals surface area contributed by atoms with E-state index in [9.17, 15) is 9.59 Å². The van der Waals surface area contributed by atoms with Crippen LogP contribution in [0.5, 0.6) is 0 Å². The van der Waals surface area contributed by atoms with Crippen LogP contribution < -0.4 is 0 Å². The molecule has 0 unspecified atom stereocenters. The molecule has 0 aromatic carbocycles. The summed E-state index contributed by atoms with van der Waals surface area (Å²) in [5, 5.41) is 0. The van der Waals surface area contributed by atoms with Gasteiger partial charge in [0, 0.05) is 0 Å². The predicted octanol–water partition coefficient (Wildman–Crippen LogP) is 5.48. The van der Waals surface area contributed by atoms with E-state index in [0.29, 0.717) is 11.8 Å². The molecule has 6 heteroatoms.